The molecular formula is C26H22Cl2F2N2O3. The summed E-state index contributed by atoms with van der Waals surface area (Å²) in [5, 5.41) is 3.16. The third-order valence-corrected chi connectivity index (χ3v) is 6.42. The molecule has 5 nitrogen and oxygen atoms in total. The Morgan fingerprint density at radius 3 is 2.43 bits per heavy atom. The van der Waals surface area contributed by atoms with E-state index in [0.29, 0.717) is 11.3 Å². The van der Waals surface area contributed by atoms with Crippen molar-refractivity contribution >= 4 is 40.9 Å². The highest BCUT2D eigenvalue weighted by Crippen LogP contribution is 2.37. The van der Waals surface area contributed by atoms with Crippen LogP contribution < -0.4 is 10.2 Å². The molecule has 2 amide bonds. The number of carbonyl (C=O) groups excluding carboxylic acids is 2. The lowest BCUT2D eigenvalue weighted by molar-refractivity contribution is -0.122. The summed E-state index contributed by atoms with van der Waals surface area (Å²) in [4.78, 5) is 27.3. The standard InChI is InChI=1S/C26H22Cl2F2N2O3/c27-20-7-4-8-21(28)24(20)32-14-17(11-18-9-10-19(29)13-22(18)30)12-23(25(32)33)31-26(34)35-15-16-5-2-1-3-6-16/h1-10,13,17,23H,11-12,14-15H2,(H,31,34)/t17-,23+/m1/s1. The maximum absolute atomic E-state index is 14.3. The summed E-state index contributed by atoms with van der Waals surface area (Å²) in [5.41, 5.74) is 1.42. The molecule has 3 aromatic rings. The van der Waals surface area contributed by atoms with Crippen LogP contribution in [0.4, 0.5) is 19.3 Å². The molecule has 1 N–H and O–H groups in total. The molecule has 0 aliphatic carbocycles. The number of para-hydroxylation sites is 1. The summed E-state index contributed by atoms with van der Waals surface area (Å²) in [5.74, 6) is -2.03. The lowest BCUT2D eigenvalue weighted by Gasteiger charge is -2.38. The lowest BCUT2D eigenvalue weighted by Crippen LogP contribution is -2.55. The van der Waals surface area contributed by atoms with Gasteiger partial charge >= 0.3 is 6.09 Å². The van der Waals surface area contributed by atoms with Crippen LogP contribution in [-0.2, 0) is 22.6 Å². The number of hydrogen-bond donors (Lipinski definition) is 1. The Bertz CT molecular complexity index is 1210. The summed E-state index contributed by atoms with van der Waals surface area (Å²) in [6.07, 6.45) is -0.310. The van der Waals surface area contributed by atoms with E-state index in [1.807, 2.05) is 30.3 Å². The predicted molar refractivity (Wildman–Crippen MR) is 131 cm³/mol. The minimum atomic E-state index is -0.951. The Morgan fingerprint density at radius 1 is 1.03 bits per heavy atom. The van der Waals surface area contributed by atoms with Gasteiger partial charge in [-0.25, -0.2) is 13.6 Å². The van der Waals surface area contributed by atoms with Gasteiger partial charge in [-0.15, -0.1) is 0 Å². The topological polar surface area (TPSA) is 58.6 Å². The number of amides is 2. The SMILES string of the molecule is O=C(N[C@H]1C[C@@H](Cc2ccc(F)cc2F)CN(c2c(Cl)cccc2Cl)C1=O)OCc1ccccc1. The van der Waals surface area contributed by atoms with Crippen molar-refractivity contribution < 1.29 is 23.1 Å². The third-order valence-electron chi connectivity index (χ3n) is 5.81. The van der Waals surface area contributed by atoms with Gasteiger partial charge in [-0.05, 0) is 48.1 Å². The quantitative estimate of drug-likeness (QED) is 0.424. The minimum absolute atomic E-state index is 0.0395. The Kier molecular flexibility index (Phi) is 7.88. The third kappa shape index (κ3) is 6.10. The highest BCUT2D eigenvalue weighted by molar-refractivity contribution is 6.40. The smallest absolute Gasteiger partial charge is 0.408 e. The molecule has 0 bridgehead atoms. The van der Waals surface area contributed by atoms with E-state index in [4.69, 9.17) is 27.9 Å². The number of carbonyl (C=O) groups is 2. The molecule has 0 saturated carbocycles. The maximum atomic E-state index is 14.3. The van der Waals surface area contributed by atoms with Crippen LogP contribution in [0.25, 0.3) is 0 Å². The zero-order valence-electron chi connectivity index (χ0n) is 18.5. The molecule has 3 aromatic carbocycles. The van der Waals surface area contributed by atoms with E-state index in [1.54, 1.807) is 18.2 Å². The predicted octanol–water partition coefficient (Wildman–Crippen LogP) is 6.16. The van der Waals surface area contributed by atoms with Gasteiger partial charge in [0.2, 0.25) is 5.91 Å². The Morgan fingerprint density at radius 2 is 1.74 bits per heavy atom. The van der Waals surface area contributed by atoms with Crippen LogP contribution in [0.3, 0.4) is 0 Å². The van der Waals surface area contributed by atoms with Crippen molar-refractivity contribution in [2.75, 3.05) is 11.4 Å². The van der Waals surface area contributed by atoms with Gasteiger partial charge in [0, 0.05) is 12.6 Å². The first kappa shape index (κ1) is 24.9. The minimum Gasteiger partial charge on any atom is -0.445 e. The van der Waals surface area contributed by atoms with Gasteiger partial charge in [0.05, 0.1) is 15.7 Å². The monoisotopic (exact) mass is 518 g/mol. The van der Waals surface area contributed by atoms with Gasteiger partial charge in [-0.3, -0.25) is 4.79 Å². The van der Waals surface area contributed by atoms with E-state index in [0.717, 1.165) is 11.6 Å². The zero-order valence-corrected chi connectivity index (χ0v) is 20.0. The molecular weight excluding hydrogens is 497 g/mol. The van der Waals surface area contributed by atoms with Gasteiger partial charge < -0.3 is 15.0 Å². The molecule has 1 heterocycles. The van der Waals surface area contributed by atoms with Gasteiger partial charge in [0.1, 0.15) is 24.3 Å². The van der Waals surface area contributed by atoms with Crippen molar-refractivity contribution in [1.82, 2.24) is 5.32 Å². The van der Waals surface area contributed by atoms with Crippen molar-refractivity contribution in [2.24, 2.45) is 5.92 Å². The molecule has 35 heavy (non-hydrogen) atoms. The maximum Gasteiger partial charge on any atom is 0.408 e. The molecule has 1 saturated heterocycles. The molecule has 182 valence electrons. The summed E-state index contributed by atoms with van der Waals surface area (Å²) < 4.78 is 33.0. The molecule has 0 unspecified atom stereocenters. The number of piperidine rings is 1. The van der Waals surface area contributed by atoms with Gasteiger partial charge in [0.25, 0.3) is 0 Å². The highest BCUT2D eigenvalue weighted by atomic mass is 35.5. The molecule has 2 atom stereocenters. The average Bonchev–Trinajstić information content (AvgIpc) is 2.83. The van der Waals surface area contributed by atoms with E-state index < -0.39 is 29.7 Å². The fourth-order valence-electron chi connectivity index (χ4n) is 4.17. The second kappa shape index (κ2) is 11.1. The summed E-state index contributed by atoms with van der Waals surface area (Å²) in [6.45, 7) is 0.230. The van der Waals surface area contributed by atoms with Crippen LogP contribution in [0.2, 0.25) is 10.0 Å². The number of nitrogens with zero attached hydrogens (tertiary/aromatic N) is 1. The van der Waals surface area contributed by atoms with Gasteiger partial charge in [0.15, 0.2) is 0 Å². The van der Waals surface area contributed by atoms with E-state index in [2.05, 4.69) is 5.32 Å². The van der Waals surface area contributed by atoms with Crippen LogP contribution in [0.1, 0.15) is 17.5 Å². The number of anilines is 1. The second-order valence-corrected chi connectivity index (χ2v) is 9.13. The molecule has 9 heteroatoms. The molecule has 0 radical (unpaired) electrons. The number of halogens is 4. The van der Waals surface area contributed by atoms with Crippen LogP contribution in [0.15, 0.2) is 66.7 Å². The van der Waals surface area contributed by atoms with Crippen molar-refractivity contribution in [3.63, 3.8) is 0 Å². The normalized spacial score (nSPS) is 17.8. The van der Waals surface area contributed by atoms with Crippen molar-refractivity contribution in [3.05, 3.63) is 99.5 Å². The molecule has 0 aromatic heterocycles. The van der Waals surface area contributed by atoms with Crippen LogP contribution in [-0.4, -0.2) is 24.6 Å². The van der Waals surface area contributed by atoms with Crippen LogP contribution in [0.5, 0.6) is 0 Å². The van der Waals surface area contributed by atoms with Crippen molar-refractivity contribution in [3.8, 4) is 0 Å². The number of nitrogens with one attached hydrogen (secondary N) is 1. The number of alkyl carbamates (subject to hydrolysis) is 1. The molecule has 0 spiro atoms. The second-order valence-electron chi connectivity index (χ2n) is 8.32. The lowest BCUT2D eigenvalue weighted by atomic mass is 9.87. The number of hydrogen-bond acceptors (Lipinski definition) is 3. The molecule has 4 rings (SSSR count). The first-order chi connectivity index (χ1) is 16.8. The first-order valence-corrected chi connectivity index (χ1v) is 11.7. The van der Waals surface area contributed by atoms with Crippen LogP contribution >= 0.6 is 23.2 Å². The summed E-state index contributed by atoms with van der Waals surface area (Å²) >= 11 is 12.7. The number of rotatable bonds is 6. The number of ether oxygens (including phenoxy) is 1. The zero-order chi connectivity index (χ0) is 24.9. The van der Waals surface area contributed by atoms with E-state index in [-0.39, 0.29) is 42.0 Å². The van der Waals surface area contributed by atoms with Crippen molar-refractivity contribution in [1.29, 1.82) is 0 Å². The fraction of sp³-hybridized carbons (Fsp3) is 0.231. The summed E-state index contributed by atoms with van der Waals surface area (Å²) in [6, 6.07) is 16.4. The molecule has 1 aliphatic rings. The Labute approximate surface area is 211 Å². The first-order valence-electron chi connectivity index (χ1n) is 11.0. The average molecular weight is 519 g/mol. The Balaban J connectivity index is 1.55. The van der Waals surface area contributed by atoms with E-state index in [1.165, 1.54) is 17.0 Å². The largest absolute Gasteiger partial charge is 0.445 e. The number of benzene rings is 3. The molecule has 1 fully saturated rings. The summed E-state index contributed by atoms with van der Waals surface area (Å²) in [7, 11) is 0. The Hall–Kier alpha value is -3.16. The van der Waals surface area contributed by atoms with Gasteiger partial charge in [-0.2, -0.15) is 0 Å². The fourth-order valence-corrected chi connectivity index (χ4v) is 4.77. The van der Waals surface area contributed by atoms with Crippen molar-refractivity contribution in [2.45, 2.75) is 25.5 Å². The van der Waals surface area contributed by atoms with E-state index >= 15 is 0 Å². The highest BCUT2D eigenvalue weighted by Gasteiger charge is 2.38. The van der Waals surface area contributed by atoms with Gasteiger partial charge in [-0.1, -0.05) is 65.7 Å². The molecule has 1 aliphatic heterocycles. The van der Waals surface area contributed by atoms with Crippen LogP contribution in [0, 0.1) is 17.6 Å². The van der Waals surface area contributed by atoms with E-state index in [9.17, 15) is 18.4 Å².